The molecule has 28 heavy (non-hydrogen) atoms. The van der Waals surface area contributed by atoms with Crippen LogP contribution in [-0.2, 0) is 4.74 Å². The monoisotopic (exact) mass is 372 g/mol. The number of fused-ring (bicyclic) bond motifs is 1. The van der Waals surface area contributed by atoms with Crippen molar-refractivity contribution in [1.29, 1.82) is 0 Å². The summed E-state index contributed by atoms with van der Waals surface area (Å²) in [4.78, 5) is 0. The first-order valence-electron chi connectivity index (χ1n) is 10.6. The Hall–Kier alpha value is -1.96. The molecule has 3 rings (SSSR count). The number of ether oxygens (including phenoxy) is 1. The molecule has 1 heterocycles. The normalized spacial score (nSPS) is 22.4. The first kappa shape index (κ1) is 20.8. The minimum absolute atomic E-state index is 0.215. The number of benzene rings is 1. The Morgan fingerprint density at radius 1 is 1.32 bits per heavy atom. The second kappa shape index (κ2) is 8.60. The molecule has 1 aliphatic heterocycles. The van der Waals surface area contributed by atoms with Crippen LogP contribution in [0.25, 0.3) is 6.08 Å². The Kier molecular flexibility index (Phi) is 6.38. The Balaban J connectivity index is 1.70. The van der Waals surface area contributed by atoms with Crippen LogP contribution >= 0.6 is 0 Å². The van der Waals surface area contributed by atoms with Crippen molar-refractivity contribution in [3.05, 3.63) is 70.5 Å². The van der Waals surface area contributed by atoms with Crippen molar-refractivity contribution < 1.29 is 4.74 Å². The highest BCUT2D eigenvalue weighted by Crippen LogP contribution is 2.46. The minimum atomic E-state index is 0.215. The topological polar surface area (TPSA) is 9.23 Å². The van der Waals surface area contributed by atoms with E-state index in [0.717, 1.165) is 55.3 Å². The van der Waals surface area contributed by atoms with E-state index < -0.39 is 0 Å². The first-order valence-corrected chi connectivity index (χ1v) is 10.6. The number of rotatable bonds is 7. The van der Waals surface area contributed by atoms with Gasteiger partial charge in [-0.15, -0.1) is 0 Å². The molecule has 1 nitrogen and oxygen atoms in total. The number of hydrogen-bond donors (Lipinski definition) is 0. The van der Waals surface area contributed by atoms with Crippen LogP contribution in [0.2, 0.25) is 0 Å². The number of aryl methyl sites for hydroxylation is 2. The maximum absolute atomic E-state index is 6.07. The molecule has 146 valence electrons. The van der Waals surface area contributed by atoms with Crippen LogP contribution in [0.5, 0.6) is 0 Å². The average molecular weight is 372 g/mol. The van der Waals surface area contributed by atoms with Gasteiger partial charge in [0.1, 0.15) is 13.6 Å². The molecule has 0 aromatic heterocycles. The van der Waals surface area contributed by atoms with Crippen LogP contribution in [0.3, 0.4) is 0 Å². The summed E-state index contributed by atoms with van der Waals surface area (Å²) in [5.74, 6) is 1.59. The van der Waals surface area contributed by atoms with Crippen molar-refractivity contribution >= 4 is 19.4 Å². The van der Waals surface area contributed by atoms with Gasteiger partial charge in [-0.25, -0.2) is 0 Å². The van der Waals surface area contributed by atoms with E-state index in [1.54, 1.807) is 0 Å². The average Bonchev–Trinajstić information content (AvgIpc) is 3.04. The fourth-order valence-corrected chi connectivity index (χ4v) is 4.39. The molecule has 0 N–H and O–H groups in total. The zero-order valence-corrected chi connectivity index (χ0v) is 18.0. The van der Waals surface area contributed by atoms with E-state index in [1.807, 2.05) is 0 Å². The fourth-order valence-electron chi connectivity index (χ4n) is 4.39. The molecule has 2 atom stereocenters. The second-order valence-corrected chi connectivity index (χ2v) is 8.75. The molecule has 0 saturated carbocycles. The van der Waals surface area contributed by atoms with Crippen molar-refractivity contribution in [3.8, 4) is 0 Å². The van der Waals surface area contributed by atoms with Gasteiger partial charge >= 0.3 is 0 Å². The summed E-state index contributed by atoms with van der Waals surface area (Å²) in [6.07, 6.45) is 14.6. The van der Waals surface area contributed by atoms with Gasteiger partial charge in [-0.2, -0.15) is 0 Å². The molecule has 1 fully saturated rings. The molecular formula is C26H33BO. The van der Waals surface area contributed by atoms with Gasteiger partial charge in [0.05, 0.1) is 6.61 Å². The van der Waals surface area contributed by atoms with Crippen LogP contribution < -0.4 is 5.46 Å². The molecule has 0 amide bonds. The maximum atomic E-state index is 6.07. The largest absolute Gasteiger partial charge is 0.497 e. The highest BCUT2D eigenvalue weighted by Gasteiger charge is 2.38. The molecule has 2 unspecified atom stereocenters. The number of allylic oxidation sites excluding steroid dienone is 6. The van der Waals surface area contributed by atoms with Crippen molar-refractivity contribution in [2.75, 3.05) is 6.61 Å². The molecule has 0 spiro atoms. The van der Waals surface area contributed by atoms with Gasteiger partial charge < -0.3 is 4.74 Å². The van der Waals surface area contributed by atoms with Crippen molar-refractivity contribution in [2.24, 2.45) is 11.3 Å². The predicted molar refractivity (Wildman–Crippen MR) is 122 cm³/mol. The lowest BCUT2D eigenvalue weighted by molar-refractivity contribution is 0.243. The maximum Gasteiger partial charge on any atom is 0.114 e. The van der Waals surface area contributed by atoms with Gasteiger partial charge in [0.15, 0.2) is 0 Å². The van der Waals surface area contributed by atoms with Gasteiger partial charge in [-0.05, 0) is 56.7 Å². The van der Waals surface area contributed by atoms with Gasteiger partial charge in [0.25, 0.3) is 0 Å². The Morgan fingerprint density at radius 3 is 2.71 bits per heavy atom. The zero-order valence-electron chi connectivity index (χ0n) is 18.0. The molecule has 1 aliphatic carbocycles. The second-order valence-electron chi connectivity index (χ2n) is 8.75. The van der Waals surface area contributed by atoms with Gasteiger partial charge in [0.2, 0.25) is 0 Å². The van der Waals surface area contributed by atoms with E-state index in [9.17, 15) is 0 Å². The lowest BCUT2D eigenvalue weighted by Gasteiger charge is -2.29. The lowest BCUT2D eigenvalue weighted by Crippen LogP contribution is -2.19. The molecule has 2 radical (unpaired) electrons. The lowest BCUT2D eigenvalue weighted by atomic mass is 9.75. The summed E-state index contributed by atoms with van der Waals surface area (Å²) in [6, 6.07) is 4.30. The summed E-state index contributed by atoms with van der Waals surface area (Å²) < 4.78 is 5.94. The smallest absolute Gasteiger partial charge is 0.114 e. The minimum Gasteiger partial charge on any atom is -0.497 e. The van der Waals surface area contributed by atoms with Crippen molar-refractivity contribution in [3.63, 3.8) is 0 Å². The number of hydrogen-bond acceptors (Lipinski definition) is 1. The standard InChI is InChI=1S/C26H33BO/c1-6-8-23(22-11-12-26(5)13-14-28-24(26)17-22)18(2)9-7-10-21-15-19(3)25(27)20(4)16-21/h7,10-11,15-17,23H,2,6,8-9,12-14H2,1,3-5H3/b10-7+. The van der Waals surface area contributed by atoms with Crippen molar-refractivity contribution in [1.82, 2.24) is 0 Å². The van der Waals surface area contributed by atoms with E-state index in [2.05, 4.69) is 70.7 Å². The summed E-state index contributed by atoms with van der Waals surface area (Å²) >= 11 is 0. The van der Waals surface area contributed by atoms with E-state index in [-0.39, 0.29) is 5.41 Å². The first-order chi connectivity index (χ1) is 13.3. The third kappa shape index (κ3) is 4.37. The molecular weight excluding hydrogens is 339 g/mol. The fraction of sp³-hybridized carbons (Fsp3) is 0.462. The van der Waals surface area contributed by atoms with Crippen LogP contribution in [0.4, 0.5) is 0 Å². The van der Waals surface area contributed by atoms with Gasteiger partial charge in [-0.3, -0.25) is 0 Å². The van der Waals surface area contributed by atoms with Crippen LogP contribution in [0.15, 0.2) is 53.8 Å². The summed E-state index contributed by atoms with van der Waals surface area (Å²) in [7, 11) is 6.07. The third-order valence-corrected chi connectivity index (χ3v) is 6.37. The highest BCUT2D eigenvalue weighted by atomic mass is 16.5. The van der Waals surface area contributed by atoms with Crippen LogP contribution in [-0.4, -0.2) is 14.5 Å². The highest BCUT2D eigenvalue weighted by molar-refractivity contribution is 6.34. The molecule has 2 aliphatic rings. The Bertz CT molecular complexity index is 819. The van der Waals surface area contributed by atoms with Crippen molar-refractivity contribution in [2.45, 2.75) is 59.8 Å². The third-order valence-electron chi connectivity index (χ3n) is 6.37. The van der Waals surface area contributed by atoms with Gasteiger partial charge in [-0.1, -0.05) is 79.4 Å². The molecule has 1 saturated heterocycles. The van der Waals surface area contributed by atoms with E-state index in [0.29, 0.717) is 5.92 Å². The Morgan fingerprint density at radius 2 is 2.04 bits per heavy atom. The SMILES string of the molecule is [B]c1c(C)cc(/C=C/CC(=C)C(CCC)C2=CCC3(C)CCOC3=C2)cc1C. The molecule has 0 bridgehead atoms. The predicted octanol–water partition coefficient (Wildman–Crippen LogP) is 6.11. The van der Waals surface area contributed by atoms with Gasteiger partial charge in [0, 0.05) is 11.3 Å². The molecule has 1 aromatic rings. The van der Waals surface area contributed by atoms with E-state index in [1.165, 1.54) is 22.5 Å². The van der Waals surface area contributed by atoms with Crippen LogP contribution in [0.1, 0.15) is 62.6 Å². The van der Waals surface area contributed by atoms with Crippen LogP contribution in [0, 0.1) is 25.2 Å². The summed E-state index contributed by atoms with van der Waals surface area (Å²) in [5.41, 5.74) is 7.27. The summed E-state index contributed by atoms with van der Waals surface area (Å²) in [5, 5.41) is 0. The van der Waals surface area contributed by atoms with E-state index >= 15 is 0 Å². The quantitative estimate of drug-likeness (QED) is 0.414. The van der Waals surface area contributed by atoms with E-state index in [4.69, 9.17) is 12.6 Å². The molecule has 2 heteroatoms. The summed E-state index contributed by atoms with van der Waals surface area (Å²) in [6.45, 7) is 14.0. The Labute approximate surface area is 172 Å². The molecule has 1 aromatic carbocycles. The zero-order chi connectivity index (χ0) is 20.3.